The van der Waals surface area contributed by atoms with E-state index >= 15 is 0 Å². The number of imidazole rings is 1. The summed E-state index contributed by atoms with van der Waals surface area (Å²) < 4.78 is 7.10. The molecule has 0 radical (unpaired) electrons. The molecule has 37 heavy (non-hydrogen) atoms. The van der Waals surface area contributed by atoms with Crippen LogP contribution in [-0.2, 0) is 11.3 Å². The fourth-order valence-electron chi connectivity index (χ4n) is 4.16. The van der Waals surface area contributed by atoms with E-state index in [0.29, 0.717) is 44.3 Å². The highest BCUT2D eigenvalue weighted by molar-refractivity contribution is 5.98. The van der Waals surface area contributed by atoms with Gasteiger partial charge in [-0.1, -0.05) is 6.07 Å². The molecule has 3 aromatic heterocycles. The predicted molar refractivity (Wildman–Crippen MR) is 146 cm³/mol. The Labute approximate surface area is 215 Å². The van der Waals surface area contributed by atoms with Gasteiger partial charge in [0.2, 0.25) is 5.95 Å². The zero-order valence-electron chi connectivity index (χ0n) is 21.4. The Morgan fingerprint density at radius 3 is 2.68 bits per heavy atom. The van der Waals surface area contributed by atoms with Crippen molar-refractivity contribution in [2.24, 2.45) is 0 Å². The van der Waals surface area contributed by atoms with Crippen molar-refractivity contribution in [2.45, 2.75) is 27.3 Å². The lowest BCUT2D eigenvalue weighted by Gasteiger charge is -2.13. The molecule has 0 fully saturated rings. The summed E-state index contributed by atoms with van der Waals surface area (Å²) in [6.45, 7) is 9.60. The van der Waals surface area contributed by atoms with Gasteiger partial charge in [-0.2, -0.15) is 0 Å². The van der Waals surface area contributed by atoms with E-state index in [1.54, 1.807) is 16.8 Å². The SMILES string of the molecule is CCNC(=O)Nc1nc2c(-c3ccccn3)cc(-c3cc(C)n(CCNCCOCC)c(=O)c3)cc2[nH]1. The second-order valence-electron chi connectivity index (χ2n) is 8.53. The fraction of sp³-hybridized carbons (Fsp3) is 0.333. The molecule has 4 N–H and O–H groups in total. The van der Waals surface area contributed by atoms with Gasteiger partial charge in [0.05, 0.1) is 23.3 Å². The van der Waals surface area contributed by atoms with Gasteiger partial charge >= 0.3 is 6.03 Å². The quantitative estimate of drug-likeness (QED) is 0.232. The molecule has 0 saturated heterocycles. The van der Waals surface area contributed by atoms with Crippen LogP contribution in [0.25, 0.3) is 33.4 Å². The van der Waals surface area contributed by atoms with Gasteiger partial charge < -0.3 is 24.9 Å². The number of anilines is 1. The number of rotatable bonds is 11. The van der Waals surface area contributed by atoms with Crippen molar-refractivity contribution < 1.29 is 9.53 Å². The number of nitrogens with zero attached hydrogens (tertiary/aromatic N) is 3. The summed E-state index contributed by atoms with van der Waals surface area (Å²) >= 11 is 0. The summed E-state index contributed by atoms with van der Waals surface area (Å²) in [7, 11) is 0. The van der Waals surface area contributed by atoms with Crippen LogP contribution in [0.3, 0.4) is 0 Å². The first-order valence-electron chi connectivity index (χ1n) is 12.5. The van der Waals surface area contributed by atoms with Gasteiger partial charge in [-0.15, -0.1) is 0 Å². The number of urea groups is 1. The first kappa shape index (κ1) is 26.1. The van der Waals surface area contributed by atoms with Crippen LogP contribution in [0.15, 0.2) is 53.5 Å². The number of aryl methyl sites for hydroxylation is 1. The molecular weight excluding hydrogens is 470 g/mol. The van der Waals surface area contributed by atoms with E-state index in [0.717, 1.165) is 40.1 Å². The van der Waals surface area contributed by atoms with Crippen LogP contribution in [0.1, 0.15) is 19.5 Å². The van der Waals surface area contributed by atoms with Gasteiger partial charge in [0.1, 0.15) is 0 Å². The molecule has 0 atom stereocenters. The topological polar surface area (TPSA) is 126 Å². The van der Waals surface area contributed by atoms with Gasteiger partial charge in [-0.25, -0.2) is 9.78 Å². The Morgan fingerprint density at radius 2 is 1.95 bits per heavy atom. The molecule has 0 spiro atoms. The summed E-state index contributed by atoms with van der Waals surface area (Å²) in [5.74, 6) is 0.332. The Kier molecular flexibility index (Phi) is 8.65. The van der Waals surface area contributed by atoms with E-state index in [4.69, 9.17) is 4.74 Å². The third-order valence-electron chi connectivity index (χ3n) is 5.90. The number of carbonyl (C=O) groups is 1. The molecule has 194 valence electrons. The molecular formula is C27H33N7O3. The Hall–Kier alpha value is -4.02. The monoisotopic (exact) mass is 503 g/mol. The minimum atomic E-state index is -0.340. The third-order valence-corrected chi connectivity index (χ3v) is 5.90. The van der Waals surface area contributed by atoms with Crippen molar-refractivity contribution in [2.75, 3.05) is 38.2 Å². The molecule has 3 heterocycles. The number of fused-ring (bicyclic) bond motifs is 1. The Bertz CT molecular complexity index is 1410. The number of hydrogen-bond acceptors (Lipinski definition) is 6. The molecule has 0 bridgehead atoms. The first-order chi connectivity index (χ1) is 18.0. The summed E-state index contributed by atoms with van der Waals surface area (Å²) in [6.07, 6.45) is 1.72. The van der Waals surface area contributed by atoms with Gasteiger partial charge in [0.15, 0.2) is 0 Å². The number of H-pyrrole nitrogens is 1. The zero-order chi connectivity index (χ0) is 26.2. The van der Waals surface area contributed by atoms with Crippen LogP contribution in [0, 0.1) is 6.92 Å². The highest BCUT2D eigenvalue weighted by atomic mass is 16.5. The summed E-state index contributed by atoms with van der Waals surface area (Å²) in [6, 6.07) is 12.9. The predicted octanol–water partition coefficient (Wildman–Crippen LogP) is 3.53. The van der Waals surface area contributed by atoms with E-state index < -0.39 is 0 Å². The molecule has 0 unspecified atom stereocenters. The van der Waals surface area contributed by atoms with Crippen molar-refractivity contribution in [3.05, 3.63) is 64.7 Å². The number of nitrogens with one attached hydrogen (secondary N) is 4. The van der Waals surface area contributed by atoms with Crippen LogP contribution in [0.2, 0.25) is 0 Å². The standard InChI is InChI=1S/C27H33N7O3/c1-4-29-27(36)33-26-31-23-16-20(15-21(25(23)32-26)22-8-6-7-9-30-22)19-14-18(3)34(24(35)17-19)12-10-28-11-13-37-5-2/h6-9,14-17,28H,4-5,10-13H2,1-3H3,(H3,29,31,32,33,36). The average molecular weight is 504 g/mol. The van der Waals surface area contributed by atoms with Gasteiger partial charge in [0, 0.05) is 56.3 Å². The van der Waals surface area contributed by atoms with Crippen LogP contribution in [0.5, 0.6) is 0 Å². The molecule has 0 saturated carbocycles. The van der Waals surface area contributed by atoms with Crippen LogP contribution >= 0.6 is 0 Å². The molecule has 1 aromatic carbocycles. The number of amides is 2. The Morgan fingerprint density at radius 1 is 1.11 bits per heavy atom. The smallest absolute Gasteiger partial charge is 0.321 e. The highest BCUT2D eigenvalue weighted by Gasteiger charge is 2.15. The number of hydrogen-bond donors (Lipinski definition) is 4. The Balaban J connectivity index is 1.67. The van der Waals surface area contributed by atoms with Gasteiger partial charge in [-0.05, 0) is 62.2 Å². The van der Waals surface area contributed by atoms with E-state index in [2.05, 4.69) is 30.9 Å². The maximum absolute atomic E-state index is 13.0. The lowest BCUT2D eigenvalue weighted by atomic mass is 10.00. The van der Waals surface area contributed by atoms with E-state index in [-0.39, 0.29) is 11.6 Å². The number of carbonyl (C=O) groups excluding carboxylic acids is 1. The van der Waals surface area contributed by atoms with Gasteiger partial charge in [-0.3, -0.25) is 15.1 Å². The van der Waals surface area contributed by atoms with Crippen molar-refractivity contribution in [3.8, 4) is 22.4 Å². The molecule has 0 aliphatic heterocycles. The van der Waals surface area contributed by atoms with Crippen molar-refractivity contribution in [1.29, 1.82) is 0 Å². The molecule has 4 aromatic rings. The van der Waals surface area contributed by atoms with Crippen molar-refractivity contribution in [1.82, 2.24) is 30.2 Å². The zero-order valence-corrected chi connectivity index (χ0v) is 21.4. The fourth-order valence-corrected chi connectivity index (χ4v) is 4.16. The minimum absolute atomic E-state index is 0.0655. The minimum Gasteiger partial charge on any atom is -0.380 e. The number of pyridine rings is 2. The summed E-state index contributed by atoms with van der Waals surface area (Å²) in [4.78, 5) is 37.4. The lowest BCUT2D eigenvalue weighted by molar-refractivity contribution is 0.149. The summed E-state index contributed by atoms with van der Waals surface area (Å²) in [5.41, 5.74) is 5.41. The second-order valence-corrected chi connectivity index (χ2v) is 8.53. The van der Waals surface area contributed by atoms with E-state index in [1.165, 1.54) is 0 Å². The lowest BCUT2D eigenvalue weighted by Crippen LogP contribution is -2.29. The average Bonchev–Trinajstić information content (AvgIpc) is 3.29. The number of aromatic amines is 1. The van der Waals surface area contributed by atoms with E-state index in [9.17, 15) is 9.59 Å². The van der Waals surface area contributed by atoms with Gasteiger partial charge in [0.25, 0.3) is 5.56 Å². The molecule has 0 aliphatic carbocycles. The molecule has 4 rings (SSSR count). The molecule has 0 aliphatic rings. The largest absolute Gasteiger partial charge is 0.380 e. The van der Waals surface area contributed by atoms with E-state index in [1.807, 2.05) is 57.2 Å². The maximum atomic E-state index is 13.0. The molecule has 2 amide bonds. The second kappa shape index (κ2) is 12.3. The first-order valence-corrected chi connectivity index (χ1v) is 12.5. The number of ether oxygens (including phenoxy) is 1. The maximum Gasteiger partial charge on any atom is 0.321 e. The normalized spacial score (nSPS) is 11.1. The molecule has 10 heteroatoms. The van der Waals surface area contributed by atoms with Crippen molar-refractivity contribution in [3.63, 3.8) is 0 Å². The number of aromatic nitrogens is 4. The van der Waals surface area contributed by atoms with Crippen LogP contribution < -0.4 is 21.5 Å². The number of benzene rings is 1. The van der Waals surface area contributed by atoms with Crippen LogP contribution in [0.4, 0.5) is 10.7 Å². The highest BCUT2D eigenvalue weighted by Crippen LogP contribution is 2.33. The van der Waals surface area contributed by atoms with Crippen LogP contribution in [-0.4, -0.2) is 58.4 Å². The summed E-state index contributed by atoms with van der Waals surface area (Å²) in [5, 5.41) is 8.73. The molecule has 10 nitrogen and oxygen atoms in total. The third kappa shape index (κ3) is 6.41. The van der Waals surface area contributed by atoms with Crippen molar-refractivity contribution >= 4 is 23.0 Å².